The van der Waals surface area contributed by atoms with Crippen molar-refractivity contribution in [3.63, 3.8) is 0 Å². The first kappa shape index (κ1) is 18.0. The minimum absolute atomic E-state index is 0.368. The molecular formula is C16H12F6O2. The maximum atomic E-state index is 13.9. The molecule has 0 spiro atoms. The summed E-state index contributed by atoms with van der Waals surface area (Å²) in [6.07, 6.45) is -12.5. The van der Waals surface area contributed by atoms with E-state index in [2.05, 4.69) is 0 Å². The molecule has 0 aliphatic carbocycles. The number of benzene rings is 2. The average molecular weight is 350 g/mol. The van der Waals surface area contributed by atoms with E-state index < -0.39 is 35.3 Å². The second-order valence-electron chi connectivity index (χ2n) is 5.29. The van der Waals surface area contributed by atoms with E-state index in [0.717, 1.165) is 48.5 Å². The van der Waals surface area contributed by atoms with Crippen molar-refractivity contribution in [1.29, 1.82) is 0 Å². The lowest BCUT2D eigenvalue weighted by molar-refractivity contribution is -0.222. The minimum atomic E-state index is -5.27. The molecule has 0 amide bonds. The molecule has 24 heavy (non-hydrogen) atoms. The number of alkyl halides is 6. The van der Waals surface area contributed by atoms with Crippen molar-refractivity contribution in [2.75, 3.05) is 0 Å². The summed E-state index contributed by atoms with van der Waals surface area (Å²) in [4.78, 5) is 0. The molecule has 0 saturated carbocycles. The molecule has 130 valence electrons. The molecule has 0 heterocycles. The van der Waals surface area contributed by atoms with Crippen molar-refractivity contribution in [2.24, 2.45) is 0 Å². The van der Waals surface area contributed by atoms with Crippen LogP contribution in [0, 0.1) is 0 Å². The molecule has 2 nitrogen and oxygen atoms in total. The number of phenolic OH excluding ortho intramolecular Hbond substituents is 2. The first-order chi connectivity index (χ1) is 11.0. The summed E-state index contributed by atoms with van der Waals surface area (Å²) in [7, 11) is 0. The highest BCUT2D eigenvalue weighted by atomic mass is 19.4. The lowest BCUT2D eigenvalue weighted by Gasteiger charge is -2.37. The molecule has 2 aromatic carbocycles. The Hall–Kier alpha value is -2.38. The van der Waals surface area contributed by atoms with Gasteiger partial charge in [-0.3, -0.25) is 0 Å². The summed E-state index contributed by atoms with van der Waals surface area (Å²) in [5, 5.41) is 18.5. The lowest BCUT2D eigenvalue weighted by atomic mass is 9.71. The maximum Gasteiger partial charge on any atom is 0.402 e. The zero-order valence-corrected chi connectivity index (χ0v) is 12.0. The second-order valence-corrected chi connectivity index (χ2v) is 5.29. The molecule has 0 aromatic heterocycles. The van der Waals surface area contributed by atoms with Crippen LogP contribution < -0.4 is 0 Å². The average Bonchev–Trinajstić information content (AvgIpc) is 2.44. The Balaban J connectivity index is 2.78. The molecule has 8 heteroatoms. The van der Waals surface area contributed by atoms with Gasteiger partial charge in [0, 0.05) is 0 Å². The van der Waals surface area contributed by atoms with Crippen molar-refractivity contribution >= 4 is 0 Å². The summed E-state index contributed by atoms with van der Waals surface area (Å²) in [5.41, 5.74) is -4.67. The fourth-order valence-electron chi connectivity index (χ4n) is 2.59. The minimum Gasteiger partial charge on any atom is -0.508 e. The number of halogens is 6. The molecule has 0 saturated heterocycles. The van der Waals surface area contributed by atoms with E-state index in [1.54, 1.807) is 0 Å². The largest absolute Gasteiger partial charge is 0.508 e. The van der Waals surface area contributed by atoms with Crippen LogP contribution in [0.4, 0.5) is 26.3 Å². The van der Waals surface area contributed by atoms with Gasteiger partial charge in [0.1, 0.15) is 16.9 Å². The molecule has 0 aliphatic rings. The first-order valence-corrected chi connectivity index (χ1v) is 6.68. The Morgan fingerprint density at radius 3 is 1.21 bits per heavy atom. The second kappa shape index (κ2) is 5.92. The smallest absolute Gasteiger partial charge is 0.402 e. The van der Waals surface area contributed by atoms with E-state index >= 15 is 0 Å². The van der Waals surface area contributed by atoms with Gasteiger partial charge in [-0.15, -0.1) is 0 Å². The van der Waals surface area contributed by atoms with E-state index in [9.17, 15) is 36.6 Å². The first-order valence-electron chi connectivity index (χ1n) is 6.68. The van der Waals surface area contributed by atoms with Crippen LogP contribution >= 0.6 is 0 Å². The Morgan fingerprint density at radius 2 is 0.958 bits per heavy atom. The highest BCUT2D eigenvalue weighted by Gasteiger charge is 2.61. The number of rotatable bonds is 3. The van der Waals surface area contributed by atoms with Crippen molar-refractivity contribution in [1.82, 2.24) is 0 Å². The molecule has 2 aromatic rings. The van der Waals surface area contributed by atoms with Gasteiger partial charge in [-0.2, -0.15) is 26.3 Å². The van der Waals surface area contributed by atoms with Crippen LogP contribution in [0.5, 0.6) is 11.5 Å². The van der Waals surface area contributed by atoms with Crippen LogP contribution in [0.15, 0.2) is 48.5 Å². The predicted octanol–water partition coefficient (Wildman–Crippen LogP) is 4.90. The van der Waals surface area contributed by atoms with Gasteiger partial charge in [0.25, 0.3) is 0 Å². The lowest BCUT2D eigenvalue weighted by Crippen LogP contribution is -2.46. The Morgan fingerprint density at radius 1 is 0.625 bits per heavy atom. The van der Waals surface area contributed by atoms with Gasteiger partial charge in [0.15, 0.2) is 0 Å². The molecule has 0 atom stereocenters. The summed E-state index contributed by atoms with van der Waals surface area (Å²) in [5.74, 6) is -0.736. The zero-order chi connectivity index (χ0) is 18.2. The number of phenols is 2. The Kier molecular flexibility index (Phi) is 4.43. The van der Waals surface area contributed by atoms with E-state index in [0.29, 0.717) is 0 Å². The third-order valence-corrected chi connectivity index (χ3v) is 3.67. The van der Waals surface area contributed by atoms with E-state index in [1.807, 2.05) is 0 Å². The molecule has 0 unspecified atom stereocenters. The van der Waals surface area contributed by atoms with Crippen LogP contribution in [0.1, 0.15) is 17.5 Å². The topological polar surface area (TPSA) is 40.5 Å². The predicted molar refractivity (Wildman–Crippen MR) is 73.7 cm³/mol. The molecule has 0 aliphatic heterocycles. The number of aromatic hydroxyl groups is 2. The fraction of sp³-hybridized carbons (Fsp3) is 0.250. The van der Waals surface area contributed by atoms with Gasteiger partial charge in [0.2, 0.25) is 0 Å². The standard InChI is InChI=1S/C16H12F6O2/c17-15(18,19)9-14(16(20,21)22,10-1-5-12(23)6-2-10)11-3-7-13(24)8-4-11/h1-8,23-24H,9H2. The maximum absolute atomic E-state index is 13.9. The van der Waals surface area contributed by atoms with Crippen LogP contribution in [0.3, 0.4) is 0 Å². The van der Waals surface area contributed by atoms with Gasteiger partial charge in [-0.25, -0.2) is 0 Å². The molecule has 0 bridgehead atoms. The van der Waals surface area contributed by atoms with Gasteiger partial charge in [-0.05, 0) is 35.4 Å². The van der Waals surface area contributed by atoms with Gasteiger partial charge in [-0.1, -0.05) is 24.3 Å². The normalized spacial score (nSPS) is 13.1. The van der Waals surface area contributed by atoms with Gasteiger partial charge < -0.3 is 10.2 Å². The molecule has 2 rings (SSSR count). The third kappa shape index (κ3) is 3.42. The summed E-state index contributed by atoms with van der Waals surface area (Å²) >= 11 is 0. The van der Waals surface area contributed by atoms with Crippen molar-refractivity contribution in [3.05, 3.63) is 59.7 Å². The van der Waals surface area contributed by atoms with E-state index in [-0.39, 0.29) is 11.5 Å². The van der Waals surface area contributed by atoms with Crippen LogP contribution in [-0.2, 0) is 5.41 Å². The quantitative estimate of drug-likeness (QED) is 0.773. The van der Waals surface area contributed by atoms with E-state index in [4.69, 9.17) is 0 Å². The molecular weight excluding hydrogens is 338 g/mol. The van der Waals surface area contributed by atoms with Crippen LogP contribution in [0.25, 0.3) is 0 Å². The number of hydrogen-bond acceptors (Lipinski definition) is 2. The summed E-state index contributed by atoms with van der Waals surface area (Å²) in [6.45, 7) is 0. The SMILES string of the molecule is Oc1ccc(C(CC(F)(F)F)(c2ccc(O)cc2)C(F)(F)F)cc1. The molecule has 0 radical (unpaired) electrons. The highest BCUT2D eigenvalue weighted by molar-refractivity contribution is 5.45. The van der Waals surface area contributed by atoms with E-state index in [1.165, 1.54) is 0 Å². The fourth-order valence-corrected chi connectivity index (χ4v) is 2.59. The van der Waals surface area contributed by atoms with Crippen molar-refractivity contribution in [3.8, 4) is 11.5 Å². The van der Waals surface area contributed by atoms with Crippen molar-refractivity contribution in [2.45, 2.75) is 24.2 Å². The van der Waals surface area contributed by atoms with Crippen LogP contribution in [-0.4, -0.2) is 22.6 Å². The molecule has 0 fully saturated rings. The summed E-state index contributed by atoms with van der Waals surface area (Å²) in [6, 6.07) is 6.81. The monoisotopic (exact) mass is 350 g/mol. The summed E-state index contributed by atoms with van der Waals surface area (Å²) < 4.78 is 80.6. The van der Waals surface area contributed by atoms with Crippen molar-refractivity contribution < 1.29 is 36.6 Å². The van der Waals surface area contributed by atoms with Crippen LogP contribution in [0.2, 0.25) is 0 Å². The van der Waals surface area contributed by atoms with Gasteiger partial charge in [0.05, 0.1) is 6.42 Å². The number of hydrogen-bond donors (Lipinski definition) is 2. The molecule has 2 N–H and O–H groups in total. The Bertz CT molecular complexity index is 641. The zero-order valence-electron chi connectivity index (χ0n) is 12.0. The Labute approximate surface area is 133 Å². The third-order valence-electron chi connectivity index (χ3n) is 3.67. The van der Waals surface area contributed by atoms with Gasteiger partial charge >= 0.3 is 12.4 Å². The highest BCUT2D eigenvalue weighted by Crippen LogP contribution is 2.52.